The van der Waals surface area contributed by atoms with Crippen LogP contribution in [0.5, 0.6) is 0 Å². The van der Waals surface area contributed by atoms with Crippen LogP contribution in [0.4, 0.5) is 5.82 Å². The fraction of sp³-hybridized carbons (Fsp3) is 0.444. The molecular formula is C18H23N3O2S. The number of nitrogens with zero attached hydrogens (tertiary/aromatic N) is 1. The highest BCUT2D eigenvalue weighted by Gasteiger charge is 2.31. The molecule has 5 nitrogen and oxygen atoms in total. The zero-order chi connectivity index (χ0) is 17.3. The van der Waals surface area contributed by atoms with E-state index in [9.17, 15) is 9.59 Å². The van der Waals surface area contributed by atoms with E-state index in [1.807, 2.05) is 35.9 Å². The van der Waals surface area contributed by atoms with Gasteiger partial charge in [0, 0.05) is 6.04 Å². The van der Waals surface area contributed by atoms with Crippen LogP contribution in [0.2, 0.25) is 0 Å². The Hall–Kier alpha value is -1.95. The van der Waals surface area contributed by atoms with E-state index in [2.05, 4.69) is 24.3 Å². The Kier molecular flexibility index (Phi) is 4.85. The Bertz CT molecular complexity index is 792. The Morgan fingerprint density at radius 3 is 2.67 bits per heavy atom. The number of H-pyrrole nitrogens is 1. The van der Waals surface area contributed by atoms with Gasteiger partial charge < -0.3 is 5.32 Å². The van der Waals surface area contributed by atoms with Gasteiger partial charge in [-0.25, -0.2) is 0 Å². The van der Waals surface area contributed by atoms with E-state index in [0.717, 1.165) is 18.4 Å². The number of anilines is 1. The van der Waals surface area contributed by atoms with E-state index in [-0.39, 0.29) is 22.8 Å². The van der Waals surface area contributed by atoms with Crippen molar-refractivity contribution in [1.82, 2.24) is 9.78 Å². The van der Waals surface area contributed by atoms with Crippen molar-refractivity contribution in [3.8, 4) is 0 Å². The van der Waals surface area contributed by atoms with Crippen LogP contribution < -0.4 is 10.9 Å². The molecule has 2 atom stereocenters. The molecular weight excluding hydrogens is 322 g/mol. The van der Waals surface area contributed by atoms with E-state index < -0.39 is 0 Å². The van der Waals surface area contributed by atoms with Crippen LogP contribution in [-0.4, -0.2) is 21.4 Å². The first-order valence-electron chi connectivity index (χ1n) is 8.33. The molecule has 1 aromatic heterocycles. The summed E-state index contributed by atoms with van der Waals surface area (Å²) < 4.78 is 1.83. The van der Waals surface area contributed by atoms with Gasteiger partial charge in [0.2, 0.25) is 5.91 Å². The lowest BCUT2D eigenvalue weighted by Crippen LogP contribution is -2.18. The maximum Gasteiger partial charge on any atom is 0.270 e. The molecule has 1 amide bonds. The summed E-state index contributed by atoms with van der Waals surface area (Å²) in [6, 6.07) is 8.30. The van der Waals surface area contributed by atoms with Crippen molar-refractivity contribution < 1.29 is 4.79 Å². The van der Waals surface area contributed by atoms with Crippen molar-refractivity contribution in [2.45, 2.75) is 44.9 Å². The number of hydrogen-bond acceptors (Lipinski definition) is 3. The van der Waals surface area contributed by atoms with E-state index in [1.54, 1.807) is 0 Å². The average molecular weight is 345 g/mol. The van der Waals surface area contributed by atoms with E-state index >= 15 is 0 Å². The Morgan fingerprint density at radius 2 is 2.00 bits per heavy atom. The molecule has 0 spiro atoms. The van der Waals surface area contributed by atoms with Crippen molar-refractivity contribution in [3.05, 3.63) is 51.3 Å². The third-order valence-corrected chi connectivity index (χ3v) is 5.66. The molecule has 0 saturated carbocycles. The smallest absolute Gasteiger partial charge is 0.270 e. The molecule has 2 aromatic rings. The maximum atomic E-state index is 12.7. The van der Waals surface area contributed by atoms with Gasteiger partial charge in [-0.2, -0.15) is 0 Å². The lowest BCUT2D eigenvalue weighted by molar-refractivity contribution is -0.113. The molecule has 1 aromatic carbocycles. The van der Waals surface area contributed by atoms with E-state index in [0.29, 0.717) is 17.1 Å². The van der Waals surface area contributed by atoms with Gasteiger partial charge in [0.05, 0.1) is 16.6 Å². The first-order valence-corrected chi connectivity index (χ1v) is 9.38. The summed E-state index contributed by atoms with van der Waals surface area (Å²) in [5, 5.41) is 5.73. The van der Waals surface area contributed by atoms with Crippen LogP contribution in [0.25, 0.3) is 0 Å². The summed E-state index contributed by atoms with van der Waals surface area (Å²) in [5.74, 6) is 0.906. The number of benzene rings is 1. The molecule has 1 aliphatic rings. The standard InChI is InChI=1S/C18H23N3O2S/c1-4-5-12(3)21-17-15(18(23)20-21)16(24-10-14(22)19-17)13-8-6-11(2)7-9-13/h6-9,12,16H,4-5,10H2,1-3H3,(H,19,22)(H,20,23). The number of thioether (sulfide) groups is 1. The minimum atomic E-state index is -0.140. The fourth-order valence-electron chi connectivity index (χ4n) is 3.13. The average Bonchev–Trinajstić information content (AvgIpc) is 2.75. The lowest BCUT2D eigenvalue weighted by Gasteiger charge is -2.17. The number of amides is 1. The predicted molar refractivity (Wildman–Crippen MR) is 98.8 cm³/mol. The second-order valence-electron chi connectivity index (χ2n) is 6.36. The summed E-state index contributed by atoms with van der Waals surface area (Å²) in [6.45, 7) is 6.21. The largest absolute Gasteiger partial charge is 0.310 e. The summed E-state index contributed by atoms with van der Waals surface area (Å²) in [4.78, 5) is 24.8. The molecule has 0 saturated heterocycles. The molecule has 6 heteroatoms. The van der Waals surface area contributed by atoms with E-state index in [4.69, 9.17) is 0 Å². The first kappa shape index (κ1) is 16.9. The number of carbonyl (C=O) groups is 1. The number of aryl methyl sites for hydroxylation is 1. The van der Waals surface area contributed by atoms with Gasteiger partial charge in [-0.3, -0.25) is 19.4 Å². The van der Waals surface area contributed by atoms with Gasteiger partial charge in [0.15, 0.2) is 0 Å². The number of hydrogen-bond donors (Lipinski definition) is 2. The van der Waals surface area contributed by atoms with Crippen molar-refractivity contribution in [1.29, 1.82) is 0 Å². The zero-order valence-corrected chi connectivity index (χ0v) is 15.1. The number of aromatic nitrogens is 2. The van der Waals surface area contributed by atoms with Gasteiger partial charge in [0.1, 0.15) is 5.82 Å². The normalized spacial score (nSPS) is 18.6. The van der Waals surface area contributed by atoms with Crippen LogP contribution in [-0.2, 0) is 4.79 Å². The first-order chi connectivity index (χ1) is 11.5. The van der Waals surface area contributed by atoms with Crippen LogP contribution in [0, 0.1) is 6.92 Å². The van der Waals surface area contributed by atoms with Crippen LogP contribution in [0.15, 0.2) is 29.1 Å². The van der Waals surface area contributed by atoms with Gasteiger partial charge in [-0.1, -0.05) is 43.2 Å². The molecule has 2 unspecified atom stereocenters. The second-order valence-corrected chi connectivity index (χ2v) is 7.45. The minimum Gasteiger partial charge on any atom is -0.310 e. The maximum absolute atomic E-state index is 12.7. The molecule has 2 heterocycles. The van der Waals surface area contributed by atoms with Crippen molar-refractivity contribution in [2.75, 3.05) is 11.1 Å². The molecule has 1 aliphatic heterocycles. The topological polar surface area (TPSA) is 66.9 Å². The van der Waals surface area contributed by atoms with Crippen molar-refractivity contribution >= 4 is 23.5 Å². The van der Waals surface area contributed by atoms with Crippen LogP contribution in [0.1, 0.15) is 54.7 Å². The fourth-order valence-corrected chi connectivity index (χ4v) is 4.25. The molecule has 24 heavy (non-hydrogen) atoms. The van der Waals surface area contributed by atoms with Crippen LogP contribution in [0.3, 0.4) is 0 Å². The molecule has 0 fully saturated rings. The summed E-state index contributed by atoms with van der Waals surface area (Å²) in [6.07, 6.45) is 1.95. The van der Waals surface area contributed by atoms with Crippen LogP contribution >= 0.6 is 11.8 Å². The highest BCUT2D eigenvalue weighted by Crippen LogP contribution is 2.40. The number of nitrogens with one attached hydrogen (secondary N) is 2. The highest BCUT2D eigenvalue weighted by atomic mass is 32.2. The zero-order valence-electron chi connectivity index (χ0n) is 14.3. The third kappa shape index (κ3) is 3.15. The SMILES string of the molecule is CCCC(C)n1[nH]c(=O)c2c1NC(=O)CSC2c1ccc(C)cc1. The van der Waals surface area contributed by atoms with Gasteiger partial charge in [-0.05, 0) is 25.8 Å². The third-order valence-electron chi connectivity index (χ3n) is 4.39. The Morgan fingerprint density at radius 1 is 1.29 bits per heavy atom. The number of fused-ring (bicyclic) bond motifs is 1. The molecule has 0 radical (unpaired) electrons. The Labute approximate surface area is 145 Å². The number of rotatable bonds is 4. The molecule has 0 aliphatic carbocycles. The predicted octanol–water partition coefficient (Wildman–Crippen LogP) is 3.62. The second kappa shape index (κ2) is 6.89. The molecule has 2 N–H and O–H groups in total. The van der Waals surface area contributed by atoms with Crippen molar-refractivity contribution in [3.63, 3.8) is 0 Å². The van der Waals surface area contributed by atoms with E-state index in [1.165, 1.54) is 17.3 Å². The van der Waals surface area contributed by atoms with Gasteiger partial charge in [-0.15, -0.1) is 11.8 Å². The number of aromatic amines is 1. The molecule has 0 bridgehead atoms. The summed E-state index contributed by atoms with van der Waals surface area (Å²) >= 11 is 1.50. The van der Waals surface area contributed by atoms with Gasteiger partial charge in [0.25, 0.3) is 5.56 Å². The Balaban J connectivity index is 2.11. The highest BCUT2D eigenvalue weighted by molar-refractivity contribution is 8.00. The monoisotopic (exact) mass is 345 g/mol. The molecule has 128 valence electrons. The summed E-state index contributed by atoms with van der Waals surface area (Å²) in [7, 11) is 0. The molecule has 3 rings (SSSR count). The summed E-state index contributed by atoms with van der Waals surface area (Å²) in [5.41, 5.74) is 2.76. The van der Waals surface area contributed by atoms with Crippen molar-refractivity contribution in [2.24, 2.45) is 0 Å². The minimum absolute atomic E-state index is 0.0627. The van der Waals surface area contributed by atoms with Gasteiger partial charge >= 0.3 is 0 Å². The lowest BCUT2D eigenvalue weighted by atomic mass is 10.0. The quantitative estimate of drug-likeness (QED) is 0.889. The number of carbonyl (C=O) groups excluding carboxylic acids is 1.